The van der Waals surface area contributed by atoms with E-state index in [2.05, 4.69) is 63.2 Å². The number of piperidine rings is 2. The summed E-state index contributed by atoms with van der Waals surface area (Å²) >= 11 is 0. The first-order valence-corrected chi connectivity index (χ1v) is 27.7. The molecule has 3 aromatic carbocycles. The van der Waals surface area contributed by atoms with Crippen LogP contribution in [0.1, 0.15) is 66.6 Å². The van der Waals surface area contributed by atoms with E-state index in [9.17, 15) is 39.7 Å². The van der Waals surface area contributed by atoms with E-state index in [1.165, 1.54) is 28.9 Å². The monoisotopic (exact) mass is 1120 g/mol. The van der Waals surface area contributed by atoms with Gasteiger partial charge in [-0.2, -0.15) is 0 Å². The van der Waals surface area contributed by atoms with Gasteiger partial charge in [-0.25, -0.2) is 0 Å². The minimum Gasteiger partial charge on any atom is -0.491 e. The number of anilines is 2. The number of aryl methyl sites for hydroxylation is 1. The largest absolute Gasteiger partial charge is 0.491 e. The number of carbonyl (C=O) groups excluding carboxylic acids is 3. The van der Waals surface area contributed by atoms with Crippen LogP contribution >= 0.6 is 0 Å². The maximum Gasteiger partial charge on any atom is 0.299 e. The minimum atomic E-state index is -0.696. The summed E-state index contributed by atoms with van der Waals surface area (Å²) in [5, 5.41) is 46.0. The molecular formula is C56H81N9O15. The third kappa shape index (κ3) is 20.9. The van der Waals surface area contributed by atoms with Crippen LogP contribution in [0.3, 0.4) is 0 Å². The Balaban J connectivity index is 0.692. The van der Waals surface area contributed by atoms with Crippen LogP contribution in [-0.2, 0) is 38.0 Å². The van der Waals surface area contributed by atoms with Crippen molar-refractivity contribution in [2.75, 3.05) is 156 Å². The molecule has 3 heterocycles. The lowest BCUT2D eigenvalue weighted by Crippen LogP contribution is -2.47. The fourth-order valence-electron chi connectivity index (χ4n) is 9.88. The average Bonchev–Trinajstić information content (AvgIpc) is 3.88. The van der Waals surface area contributed by atoms with E-state index in [0.717, 1.165) is 49.3 Å². The molecule has 4 aromatic rings. The Morgan fingerprint density at radius 2 is 1.30 bits per heavy atom. The number of rotatable bonds is 37. The first-order chi connectivity index (χ1) is 38.8. The molecule has 0 bridgehead atoms. The van der Waals surface area contributed by atoms with E-state index in [1.807, 2.05) is 36.2 Å². The molecule has 2 fully saturated rings. The molecule has 24 heteroatoms. The van der Waals surface area contributed by atoms with Gasteiger partial charge in [-0.3, -0.25) is 34.6 Å². The number of hydrogen-bond donors (Lipinski definition) is 6. The highest BCUT2D eigenvalue weighted by atomic mass is 16.6. The van der Waals surface area contributed by atoms with Crippen LogP contribution in [-0.4, -0.2) is 199 Å². The molecule has 0 aliphatic carbocycles. The van der Waals surface area contributed by atoms with Gasteiger partial charge in [0.1, 0.15) is 23.7 Å². The number of nitro benzene ring substituents is 2. The van der Waals surface area contributed by atoms with E-state index < -0.39 is 21.6 Å². The van der Waals surface area contributed by atoms with Gasteiger partial charge in [0.2, 0.25) is 11.8 Å². The number of carbonyl (C=O) groups is 3. The molecule has 1 unspecified atom stereocenters. The third-order valence-corrected chi connectivity index (χ3v) is 14.2. The Kier molecular flexibility index (Phi) is 26.6. The van der Waals surface area contributed by atoms with Crippen molar-refractivity contribution in [3.63, 3.8) is 0 Å². The van der Waals surface area contributed by atoms with Crippen molar-refractivity contribution in [2.24, 2.45) is 11.8 Å². The Morgan fingerprint density at radius 1 is 0.700 bits per heavy atom. The number of aromatic nitrogens is 1. The van der Waals surface area contributed by atoms with Crippen molar-refractivity contribution in [3.8, 4) is 5.75 Å². The van der Waals surface area contributed by atoms with Crippen LogP contribution in [0.15, 0.2) is 60.7 Å². The number of aromatic amines is 1. The Morgan fingerprint density at radius 3 is 1.89 bits per heavy atom. The number of nitro groups is 2. The number of aliphatic hydroxyl groups excluding tert-OH is 1. The van der Waals surface area contributed by atoms with Crippen LogP contribution in [0.25, 0.3) is 10.9 Å². The van der Waals surface area contributed by atoms with Crippen LogP contribution in [0.5, 0.6) is 5.75 Å². The number of nitrogens with one attached hydrogen (secondary N) is 5. The van der Waals surface area contributed by atoms with E-state index in [-0.39, 0.29) is 80.8 Å². The highest BCUT2D eigenvalue weighted by Gasteiger charge is 2.33. The number of likely N-dealkylation sites (tertiary alicyclic amines) is 2. The summed E-state index contributed by atoms with van der Waals surface area (Å²) in [4.78, 5) is 66.1. The van der Waals surface area contributed by atoms with Crippen molar-refractivity contribution in [1.29, 1.82) is 0 Å². The van der Waals surface area contributed by atoms with Gasteiger partial charge in [0.15, 0.2) is 0 Å². The van der Waals surface area contributed by atoms with Crippen molar-refractivity contribution < 1.29 is 62.5 Å². The number of β-amino-alcohol motifs (C(OH)–C–C–N with tert-alkyl or cyclic N) is 1. The summed E-state index contributed by atoms with van der Waals surface area (Å²) in [6.45, 7) is 13.3. The molecule has 3 atom stereocenters. The first-order valence-electron chi connectivity index (χ1n) is 27.7. The molecular weight excluding hydrogens is 1040 g/mol. The molecule has 3 amide bonds. The lowest BCUT2D eigenvalue weighted by Gasteiger charge is -2.40. The molecule has 2 aliphatic heterocycles. The molecule has 0 radical (unpaired) electrons. The number of amides is 3. The number of H-pyrrole nitrogens is 1. The smallest absolute Gasteiger partial charge is 0.299 e. The van der Waals surface area contributed by atoms with Gasteiger partial charge in [-0.1, -0.05) is 19.1 Å². The van der Waals surface area contributed by atoms with Gasteiger partial charge in [0, 0.05) is 94.4 Å². The number of hydrogen-bond acceptors (Lipinski definition) is 18. The topological polar surface area (TPSA) is 293 Å². The highest BCUT2D eigenvalue weighted by Crippen LogP contribution is 2.38. The zero-order valence-corrected chi connectivity index (χ0v) is 46.4. The van der Waals surface area contributed by atoms with Crippen LogP contribution in [0.2, 0.25) is 0 Å². The lowest BCUT2D eigenvalue weighted by atomic mass is 9.80. The van der Waals surface area contributed by atoms with E-state index in [0.29, 0.717) is 116 Å². The van der Waals surface area contributed by atoms with Gasteiger partial charge in [-0.15, -0.1) is 0 Å². The minimum absolute atomic E-state index is 0.0360. The number of benzene rings is 3. The molecule has 2 saturated heterocycles. The standard InChI is InChI=1S/C56H81N9O15/c1-40-4-8-47(50(34-40)57-3)46-14-18-62(38-41(46)2)39-53(66)42-12-19-63(20-13-42)56(69)51-35-43-5-7-45(37-49(43)61-51)80-33-32-79-31-30-78-29-26-76-23-17-60-55(68)11-10-54(67)59-16-22-75-25-28-77-27-24-74-21-15-58-48-9-6-44(64(70)71)36-52(48)65(72)73/h4-9,34-37,41-42,46,53,57-58,61,66H,10-33,38-39H2,1-3H3,(H,59,67)(H,60,68)/t41-,46?,53-/m1/s1. The second-order valence-corrected chi connectivity index (χ2v) is 20.0. The van der Waals surface area contributed by atoms with Crippen LogP contribution in [0.4, 0.5) is 22.7 Å². The van der Waals surface area contributed by atoms with Gasteiger partial charge in [0.25, 0.3) is 17.3 Å². The molecule has 0 spiro atoms. The summed E-state index contributed by atoms with van der Waals surface area (Å²) in [5.41, 5.74) is 4.60. The van der Waals surface area contributed by atoms with Gasteiger partial charge in [-0.05, 0) is 91.9 Å². The molecule has 80 heavy (non-hydrogen) atoms. The predicted molar refractivity (Wildman–Crippen MR) is 301 cm³/mol. The molecule has 440 valence electrons. The number of nitrogens with zero attached hydrogens (tertiary/aromatic N) is 4. The van der Waals surface area contributed by atoms with Gasteiger partial charge in [0.05, 0.1) is 101 Å². The summed E-state index contributed by atoms with van der Waals surface area (Å²) in [6, 6.07) is 17.6. The maximum atomic E-state index is 13.6. The third-order valence-electron chi connectivity index (χ3n) is 14.2. The molecule has 6 rings (SSSR count). The quantitative estimate of drug-likeness (QED) is 0.0190. The van der Waals surface area contributed by atoms with Crippen molar-refractivity contribution >= 4 is 51.4 Å². The fourth-order valence-corrected chi connectivity index (χ4v) is 9.88. The number of fused-ring (bicyclic) bond motifs is 1. The summed E-state index contributed by atoms with van der Waals surface area (Å²) in [5.74, 6) is 1.23. The molecule has 2 aliphatic rings. The lowest BCUT2D eigenvalue weighted by molar-refractivity contribution is -0.393. The normalized spacial score (nSPS) is 16.3. The van der Waals surface area contributed by atoms with E-state index >= 15 is 0 Å². The Hall–Kier alpha value is -6.51. The second kappa shape index (κ2) is 33.9. The van der Waals surface area contributed by atoms with Gasteiger partial charge < -0.3 is 74.3 Å². The van der Waals surface area contributed by atoms with Gasteiger partial charge >= 0.3 is 0 Å². The first kappa shape index (κ1) is 62.7. The fraction of sp³-hybridized carbons (Fsp3) is 0.589. The highest BCUT2D eigenvalue weighted by molar-refractivity contribution is 5.98. The summed E-state index contributed by atoms with van der Waals surface area (Å²) in [6.07, 6.45) is 2.27. The zero-order chi connectivity index (χ0) is 57.1. The summed E-state index contributed by atoms with van der Waals surface area (Å²) in [7, 11) is 1.99. The van der Waals surface area contributed by atoms with E-state index in [1.54, 1.807) is 0 Å². The SMILES string of the molecule is CNc1cc(C)ccc1C1CCN(C[C@@H](O)C2CCN(C(=O)c3cc4ccc(OCCOCCOCCOCCNC(=O)CCC(=O)NCCOCCOCCOCCNc5ccc([N+](=O)[O-])cc5[N+](=O)[O-])cc4[nH]3)CC2)C[C@H]1C. The van der Waals surface area contributed by atoms with Crippen molar-refractivity contribution in [3.05, 3.63) is 97.7 Å². The molecule has 6 N–H and O–H groups in total. The van der Waals surface area contributed by atoms with Crippen molar-refractivity contribution in [2.45, 2.75) is 58.0 Å². The maximum absolute atomic E-state index is 13.6. The van der Waals surface area contributed by atoms with Crippen molar-refractivity contribution in [1.82, 2.24) is 25.4 Å². The Labute approximate surface area is 467 Å². The zero-order valence-electron chi connectivity index (χ0n) is 46.4. The predicted octanol–water partition coefficient (Wildman–Crippen LogP) is 5.28. The number of ether oxygens (including phenoxy) is 7. The van der Waals surface area contributed by atoms with E-state index in [4.69, 9.17) is 33.2 Å². The average molecular weight is 1120 g/mol. The molecule has 1 aromatic heterocycles. The second-order valence-electron chi connectivity index (χ2n) is 20.0. The van der Waals surface area contributed by atoms with Crippen LogP contribution < -0.4 is 26.0 Å². The number of aliphatic hydroxyl groups is 1. The number of non-ortho nitro benzene ring substituents is 1. The Bertz CT molecular complexity index is 2580. The molecule has 24 nitrogen and oxygen atoms in total. The summed E-state index contributed by atoms with van der Waals surface area (Å²) < 4.78 is 38.9. The van der Waals surface area contributed by atoms with Crippen LogP contribution in [0, 0.1) is 39.0 Å². The molecule has 0 saturated carbocycles.